The van der Waals surface area contributed by atoms with Crippen molar-refractivity contribution in [3.63, 3.8) is 0 Å². The number of allylic oxidation sites excluding steroid dienone is 1. The first-order chi connectivity index (χ1) is 9.47. The van der Waals surface area contributed by atoms with Gasteiger partial charge >= 0.3 is 0 Å². The zero-order valence-corrected chi connectivity index (χ0v) is 10.4. The van der Waals surface area contributed by atoms with E-state index < -0.39 is 17.7 Å². The van der Waals surface area contributed by atoms with Crippen LogP contribution in [0.1, 0.15) is 33.0 Å². The van der Waals surface area contributed by atoms with Gasteiger partial charge in [-0.1, -0.05) is 11.2 Å². The molecule has 0 fully saturated rings. The lowest BCUT2D eigenvalue weighted by atomic mass is 9.78. The van der Waals surface area contributed by atoms with Crippen molar-refractivity contribution in [2.24, 2.45) is 5.16 Å². The lowest BCUT2D eigenvalue weighted by Gasteiger charge is -2.32. The topological polar surface area (TPSA) is 110 Å². The van der Waals surface area contributed by atoms with Crippen LogP contribution in [0.4, 0.5) is 0 Å². The Bertz CT molecular complexity index is 720. The summed E-state index contributed by atoms with van der Waals surface area (Å²) in [6, 6.07) is 3.08. The van der Waals surface area contributed by atoms with E-state index in [1.54, 1.807) is 13.0 Å². The molecule has 102 valence electrons. The van der Waals surface area contributed by atoms with E-state index in [0.717, 1.165) is 6.08 Å². The molecule has 2 amide bonds. The maximum Gasteiger partial charge on any atom is 0.284 e. The van der Waals surface area contributed by atoms with Gasteiger partial charge in [0.1, 0.15) is 5.76 Å². The fourth-order valence-corrected chi connectivity index (χ4v) is 2.64. The molecular formula is C13H10N2O5. The monoisotopic (exact) mass is 274 g/mol. The summed E-state index contributed by atoms with van der Waals surface area (Å²) >= 11 is 0. The Morgan fingerprint density at radius 3 is 2.65 bits per heavy atom. The van der Waals surface area contributed by atoms with E-state index in [0.29, 0.717) is 16.7 Å². The fourth-order valence-electron chi connectivity index (χ4n) is 2.64. The lowest BCUT2D eigenvalue weighted by molar-refractivity contribution is -0.155. The Balaban J connectivity index is 2.42. The van der Waals surface area contributed by atoms with Crippen LogP contribution in [0.25, 0.3) is 0 Å². The molecule has 1 atom stereocenters. The SMILES string of the molecule is Cc1ccc2c3c1C(=NO)C(O)=CC3C(=O)N(O)C2=O. The van der Waals surface area contributed by atoms with Gasteiger partial charge in [-0.05, 0) is 30.2 Å². The molecule has 3 N–H and O–H groups in total. The fraction of sp³-hybridized carbons (Fsp3) is 0.154. The van der Waals surface area contributed by atoms with Gasteiger partial charge in [-0.25, -0.2) is 0 Å². The van der Waals surface area contributed by atoms with Crippen molar-refractivity contribution in [2.45, 2.75) is 12.8 Å². The molecule has 2 aliphatic rings. The minimum Gasteiger partial charge on any atom is -0.506 e. The molecule has 0 spiro atoms. The van der Waals surface area contributed by atoms with Crippen molar-refractivity contribution in [3.8, 4) is 0 Å². The summed E-state index contributed by atoms with van der Waals surface area (Å²) in [7, 11) is 0. The Kier molecular flexibility index (Phi) is 2.42. The number of hydrogen-bond acceptors (Lipinski definition) is 6. The number of aryl methyl sites for hydroxylation is 1. The standard InChI is InChI=1S/C13H10N2O5/c1-5-2-3-6-10-7(13(18)15(20)12(6)17)4-8(16)11(14-19)9(5)10/h2-4,7,16,19-20H,1H3. The molecule has 0 radical (unpaired) electrons. The van der Waals surface area contributed by atoms with Gasteiger partial charge in [0.05, 0.1) is 5.92 Å². The van der Waals surface area contributed by atoms with Gasteiger partial charge in [-0.15, -0.1) is 0 Å². The van der Waals surface area contributed by atoms with Crippen molar-refractivity contribution < 1.29 is 25.1 Å². The van der Waals surface area contributed by atoms with E-state index in [-0.39, 0.29) is 22.1 Å². The molecule has 1 heterocycles. The molecule has 7 heteroatoms. The Hall–Kier alpha value is -2.67. The molecule has 0 bridgehead atoms. The summed E-state index contributed by atoms with van der Waals surface area (Å²) in [5.74, 6) is -3.04. The summed E-state index contributed by atoms with van der Waals surface area (Å²) in [6.45, 7) is 1.71. The molecule has 1 aromatic rings. The Labute approximate surface area is 113 Å². The van der Waals surface area contributed by atoms with Gasteiger partial charge in [0.15, 0.2) is 5.71 Å². The summed E-state index contributed by atoms with van der Waals surface area (Å²) in [6.07, 6.45) is 1.15. The number of aliphatic hydroxyl groups excluding tert-OH is 1. The number of hydroxylamine groups is 2. The van der Waals surface area contributed by atoms with Crippen LogP contribution in [0.15, 0.2) is 29.1 Å². The quantitative estimate of drug-likeness (QED) is 0.284. The molecular weight excluding hydrogens is 264 g/mol. The number of amides is 2. The van der Waals surface area contributed by atoms with Crippen LogP contribution >= 0.6 is 0 Å². The zero-order chi connectivity index (χ0) is 14.6. The largest absolute Gasteiger partial charge is 0.506 e. The Morgan fingerprint density at radius 2 is 2.00 bits per heavy atom. The van der Waals surface area contributed by atoms with E-state index in [1.807, 2.05) is 0 Å². The van der Waals surface area contributed by atoms with Crippen LogP contribution in [-0.4, -0.2) is 38.1 Å². The molecule has 1 aliphatic heterocycles. The average Bonchev–Trinajstić information content (AvgIpc) is 2.43. The molecule has 7 nitrogen and oxygen atoms in total. The number of carbonyl (C=O) groups is 2. The molecule has 0 saturated heterocycles. The van der Waals surface area contributed by atoms with Crippen molar-refractivity contribution in [1.82, 2.24) is 5.06 Å². The van der Waals surface area contributed by atoms with Gasteiger partial charge in [-0.3, -0.25) is 14.8 Å². The number of aliphatic hydroxyl groups is 1. The summed E-state index contributed by atoms with van der Waals surface area (Å²) < 4.78 is 0. The molecule has 3 rings (SSSR count). The lowest BCUT2D eigenvalue weighted by Crippen LogP contribution is -2.44. The van der Waals surface area contributed by atoms with Gasteiger partial charge in [0.2, 0.25) is 0 Å². The predicted octanol–water partition coefficient (Wildman–Crippen LogP) is 1.08. The number of imide groups is 1. The van der Waals surface area contributed by atoms with Crippen LogP contribution in [-0.2, 0) is 4.79 Å². The Morgan fingerprint density at radius 1 is 1.30 bits per heavy atom. The number of rotatable bonds is 0. The zero-order valence-electron chi connectivity index (χ0n) is 10.4. The van der Waals surface area contributed by atoms with Gasteiger partial charge in [0, 0.05) is 11.1 Å². The third-order valence-corrected chi connectivity index (χ3v) is 3.57. The number of carbonyl (C=O) groups excluding carboxylic acids is 2. The highest BCUT2D eigenvalue weighted by Gasteiger charge is 2.43. The summed E-state index contributed by atoms with van der Waals surface area (Å²) in [5, 5.41) is 31.5. The summed E-state index contributed by atoms with van der Waals surface area (Å²) in [5.41, 5.74) is 1.37. The third kappa shape index (κ3) is 1.35. The average molecular weight is 274 g/mol. The number of benzene rings is 1. The van der Waals surface area contributed by atoms with Crippen LogP contribution in [0, 0.1) is 6.92 Å². The molecule has 1 aliphatic carbocycles. The van der Waals surface area contributed by atoms with Gasteiger partial charge in [0.25, 0.3) is 11.8 Å². The second-order valence-corrected chi connectivity index (χ2v) is 4.65. The highest BCUT2D eigenvalue weighted by atomic mass is 16.5. The number of hydrogen-bond donors (Lipinski definition) is 3. The highest BCUT2D eigenvalue weighted by Crippen LogP contribution is 2.38. The minimum absolute atomic E-state index is 0.0387. The van der Waals surface area contributed by atoms with E-state index >= 15 is 0 Å². The normalized spacial score (nSPS) is 22.9. The minimum atomic E-state index is -0.979. The third-order valence-electron chi connectivity index (χ3n) is 3.57. The second kappa shape index (κ2) is 3.91. The molecule has 20 heavy (non-hydrogen) atoms. The molecule has 0 saturated carbocycles. The van der Waals surface area contributed by atoms with Crippen molar-refractivity contribution >= 4 is 17.5 Å². The smallest absolute Gasteiger partial charge is 0.284 e. The van der Waals surface area contributed by atoms with E-state index in [4.69, 9.17) is 5.21 Å². The molecule has 1 aromatic carbocycles. The van der Waals surface area contributed by atoms with Crippen LogP contribution < -0.4 is 0 Å². The molecule has 0 aromatic heterocycles. The van der Waals surface area contributed by atoms with Gasteiger partial charge < -0.3 is 10.3 Å². The molecule has 1 unspecified atom stereocenters. The van der Waals surface area contributed by atoms with E-state index in [2.05, 4.69) is 5.16 Å². The first kappa shape index (κ1) is 12.4. The first-order valence-electron chi connectivity index (χ1n) is 5.81. The van der Waals surface area contributed by atoms with E-state index in [9.17, 15) is 19.9 Å². The van der Waals surface area contributed by atoms with Crippen molar-refractivity contribution in [3.05, 3.63) is 46.2 Å². The van der Waals surface area contributed by atoms with Crippen molar-refractivity contribution in [2.75, 3.05) is 0 Å². The highest BCUT2D eigenvalue weighted by molar-refractivity contribution is 6.20. The van der Waals surface area contributed by atoms with Crippen LogP contribution in [0.5, 0.6) is 0 Å². The van der Waals surface area contributed by atoms with Crippen LogP contribution in [0.3, 0.4) is 0 Å². The maximum absolute atomic E-state index is 12.0. The number of nitrogens with zero attached hydrogens (tertiary/aromatic N) is 2. The number of oxime groups is 1. The van der Waals surface area contributed by atoms with Gasteiger partial charge in [-0.2, -0.15) is 5.06 Å². The van der Waals surface area contributed by atoms with Crippen LogP contribution in [0.2, 0.25) is 0 Å². The maximum atomic E-state index is 12.0. The second-order valence-electron chi connectivity index (χ2n) is 4.65. The van der Waals surface area contributed by atoms with Crippen molar-refractivity contribution in [1.29, 1.82) is 0 Å². The predicted molar refractivity (Wildman–Crippen MR) is 65.9 cm³/mol. The first-order valence-corrected chi connectivity index (χ1v) is 5.81. The summed E-state index contributed by atoms with van der Waals surface area (Å²) in [4.78, 5) is 23.9. The van der Waals surface area contributed by atoms with E-state index in [1.165, 1.54) is 6.07 Å².